The van der Waals surface area contributed by atoms with E-state index in [4.69, 9.17) is 4.74 Å². The maximum Gasteiger partial charge on any atom is 0.248 e. The lowest BCUT2D eigenvalue weighted by molar-refractivity contribution is -0.111. The summed E-state index contributed by atoms with van der Waals surface area (Å²) in [5.74, 6) is 0.0217. The molecule has 0 unspecified atom stereocenters. The summed E-state index contributed by atoms with van der Waals surface area (Å²) in [4.78, 5) is 11.9. The number of hydrogen-bond acceptors (Lipinski definition) is 2. The van der Waals surface area contributed by atoms with Gasteiger partial charge in [0.2, 0.25) is 5.91 Å². The molecule has 2 rings (SSSR count). The molecule has 3 nitrogen and oxygen atoms in total. The molecule has 0 saturated carbocycles. The number of nitrogens with one attached hydrogen (secondary N) is 1. The second kappa shape index (κ2) is 6.70. The number of halogens is 1. The second-order valence-electron chi connectivity index (χ2n) is 4.58. The Balaban J connectivity index is 2.08. The van der Waals surface area contributed by atoms with Crippen LogP contribution in [0.15, 0.2) is 48.5 Å². The summed E-state index contributed by atoms with van der Waals surface area (Å²) < 4.78 is 18.0. The van der Waals surface area contributed by atoms with Crippen molar-refractivity contribution in [2.75, 3.05) is 12.4 Å². The first-order chi connectivity index (χ1) is 10.1. The highest BCUT2D eigenvalue weighted by molar-refractivity contribution is 6.02. The molecule has 0 saturated heterocycles. The molecule has 0 atom stereocenters. The van der Waals surface area contributed by atoms with Crippen molar-refractivity contribution in [1.82, 2.24) is 0 Å². The number of benzene rings is 2. The zero-order valence-electron chi connectivity index (χ0n) is 11.9. The van der Waals surface area contributed by atoms with E-state index < -0.39 is 0 Å². The van der Waals surface area contributed by atoms with E-state index in [2.05, 4.69) is 5.32 Å². The molecule has 2 aromatic carbocycles. The molecule has 0 bridgehead atoms. The number of rotatable bonds is 4. The van der Waals surface area contributed by atoms with Crippen LogP contribution in [-0.2, 0) is 4.79 Å². The summed E-state index contributed by atoms with van der Waals surface area (Å²) >= 11 is 0. The lowest BCUT2D eigenvalue weighted by Crippen LogP contribution is -2.09. The SMILES string of the molecule is COc1ccc(C)cc1NC(=O)C=Cc1ccc(F)cc1. The smallest absolute Gasteiger partial charge is 0.248 e. The van der Waals surface area contributed by atoms with Crippen LogP contribution in [0, 0.1) is 12.7 Å². The molecule has 21 heavy (non-hydrogen) atoms. The van der Waals surface area contributed by atoms with Gasteiger partial charge in [0.25, 0.3) is 0 Å². The van der Waals surface area contributed by atoms with Crippen molar-refractivity contribution in [2.24, 2.45) is 0 Å². The van der Waals surface area contributed by atoms with E-state index in [1.54, 1.807) is 31.4 Å². The van der Waals surface area contributed by atoms with Gasteiger partial charge in [-0.1, -0.05) is 18.2 Å². The Morgan fingerprint density at radius 2 is 1.90 bits per heavy atom. The van der Waals surface area contributed by atoms with Gasteiger partial charge in [-0.15, -0.1) is 0 Å². The van der Waals surface area contributed by atoms with Crippen molar-refractivity contribution >= 4 is 17.7 Å². The maximum atomic E-state index is 12.8. The predicted octanol–water partition coefficient (Wildman–Crippen LogP) is 3.79. The topological polar surface area (TPSA) is 38.3 Å². The minimum Gasteiger partial charge on any atom is -0.495 e. The van der Waals surface area contributed by atoms with Crippen LogP contribution < -0.4 is 10.1 Å². The van der Waals surface area contributed by atoms with Crippen molar-refractivity contribution in [3.63, 3.8) is 0 Å². The van der Waals surface area contributed by atoms with Crippen LogP contribution >= 0.6 is 0 Å². The molecular formula is C17H16FNO2. The van der Waals surface area contributed by atoms with Crippen LogP contribution in [0.25, 0.3) is 6.08 Å². The summed E-state index contributed by atoms with van der Waals surface area (Å²) in [5.41, 5.74) is 2.39. The fourth-order valence-electron chi connectivity index (χ4n) is 1.84. The van der Waals surface area contributed by atoms with Crippen molar-refractivity contribution < 1.29 is 13.9 Å². The van der Waals surface area contributed by atoms with Crippen LogP contribution in [0.3, 0.4) is 0 Å². The zero-order valence-corrected chi connectivity index (χ0v) is 11.9. The Kier molecular flexibility index (Phi) is 4.72. The van der Waals surface area contributed by atoms with Crippen LogP contribution in [-0.4, -0.2) is 13.0 Å². The Morgan fingerprint density at radius 1 is 1.19 bits per heavy atom. The van der Waals surface area contributed by atoms with E-state index in [0.29, 0.717) is 11.4 Å². The number of carbonyl (C=O) groups is 1. The molecular weight excluding hydrogens is 269 g/mol. The molecule has 0 aromatic heterocycles. The molecule has 4 heteroatoms. The second-order valence-corrected chi connectivity index (χ2v) is 4.58. The normalized spacial score (nSPS) is 10.6. The highest BCUT2D eigenvalue weighted by Crippen LogP contribution is 2.25. The van der Waals surface area contributed by atoms with Crippen LogP contribution in [0.5, 0.6) is 5.75 Å². The zero-order chi connectivity index (χ0) is 15.2. The highest BCUT2D eigenvalue weighted by Gasteiger charge is 2.05. The monoisotopic (exact) mass is 285 g/mol. The quantitative estimate of drug-likeness (QED) is 0.868. The summed E-state index contributed by atoms with van der Waals surface area (Å²) in [6.07, 6.45) is 3.02. The third-order valence-corrected chi connectivity index (χ3v) is 2.91. The van der Waals surface area contributed by atoms with Crippen LogP contribution in [0.4, 0.5) is 10.1 Å². The number of anilines is 1. The average molecular weight is 285 g/mol. The van der Waals surface area contributed by atoms with E-state index >= 15 is 0 Å². The van der Waals surface area contributed by atoms with Gasteiger partial charge in [0.1, 0.15) is 11.6 Å². The minimum absolute atomic E-state index is 0.275. The van der Waals surface area contributed by atoms with Gasteiger partial charge in [-0.25, -0.2) is 4.39 Å². The Labute approximate surface area is 123 Å². The molecule has 0 aliphatic rings. The lowest BCUT2D eigenvalue weighted by Gasteiger charge is -2.09. The summed E-state index contributed by atoms with van der Waals surface area (Å²) in [6.45, 7) is 1.93. The molecule has 0 heterocycles. The lowest BCUT2D eigenvalue weighted by atomic mass is 10.2. The van der Waals surface area contributed by atoms with Crippen LogP contribution in [0.2, 0.25) is 0 Å². The Bertz CT molecular complexity index is 663. The fourth-order valence-corrected chi connectivity index (χ4v) is 1.84. The molecule has 0 fully saturated rings. The number of ether oxygens (including phenoxy) is 1. The molecule has 0 radical (unpaired) electrons. The van der Waals surface area contributed by atoms with Crippen LogP contribution in [0.1, 0.15) is 11.1 Å². The Hall–Kier alpha value is -2.62. The molecule has 0 aliphatic carbocycles. The standard InChI is InChI=1S/C17H16FNO2/c1-12-3-9-16(21-2)15(11-12)19-17(20)10-6-13-4-7-14(18)8-5-13/h3-11H,1-2H3,(H,19,20). The van der Waals surface area contributed by atoms with Gasteiger partial charge in [-0.2, -0.15) is 0 Å². The number of hydrogen-bond donors (Lipinski definition) is 1. The largest absolute Gasteiger partial charge is 0.495 e. The highest BCUT2D eigenvalue weighted by atomic mass is 19.1. The third-order valence-electron chi connectivity index (χ3n) is 2.91. The minimum atomic E-state index is -0.305. The average Bonchev–Trinajstić information content (AvgIpc) is 2.47. The van der Waals surface area contributed by atoms with E-state index in [1.807, 2.05) is 19.1 Å². The van der Waals surface area contributed by atoms with Gasteiger partial charge in [0.15, 0.2) is 0 Å². The maximum absolute atomic E-state index is 12.8. The molecule has 1 amide bonds. The van der Waals surface area contributed by atoms with Gasteiger partial charge in [0.05, 0.1) is 12.8 Å². The molecule has 0 spiro atoms. The van der Waals surface area contributed by atoms with E-state index in [9.17, 15) is 9.18 Å². The number of methoxy groups -OCH3 is 1. The fraction of sp³-hybridized carbons (Fsp3) is 0.118. The van der Waals surface area contributed by atoms with E-state index in [1.165, 1.54) is 18.2 Å². The van der Waals surface area contributed by atoms with E-state index in [-0.39, 0.29) is 11.7 Å². The Morgan fingerprint density at radius 3 is 2.57 bits per heavy atom. The van der Waals surface area contributed by atoms with Gasteiger partial charge in [-0.3, -0.25) is 4.79 Å². The summed E-state index contributed by atoms with van der Waals surface area (Å²) in [5, 5.41) is 2.76. The van der Waals surface area contributed by atoms with Crippen molar-refractivity contribution in [3.8, 4) is 5.75 Å². The summed E-state index contributed by atoms with van der Waals surface area (Å²) in [7, 11) is 1.55. The molecule has 1 N–H and O–H groups in total. The third kappa shape index (κ3) is 4.18. The van der Waals surface area contributed by atoms with Crippen molar-refractivity contribution in [2.45, 2.75) is 6.92 Å². The number of aryl methyl sites for hydroxylation is 1. The molecule has 108 valence electrons. The first kappa shape index (κ1) is 14.8. The van der Waals surface area contributed by atoms with Crippen molar-refractivity contribution in [1.29, 1.82) is 0 Å². The van der Waals surface area contributed by atoms with E-state index in [0.717, 1.165) is 11.1 Å². The molecule has 2 aromatic rings. The predicted molar refractivity (Wildman–Crippen MR) is 81.8 cm³/mol. The van der Waals surface area contributed by atoms with Gasteiger partial charge in [-0.05, 0) is 48.4 Å². The number of carbonyl (C=O) groups excluding carboxylic acids is 1. The first-order valence-corrected chi connectivity index (χ1v) is 6.48. The van der Waals surface area contributed by atoms with Gasteiger partial charge < -0.3 is 10.1 Å². The number of amides is 1. The van der Waals surface area contributed by atoms with Crippen molar-refractivity contribution in [3.05, 3.63) is 65.5 Å². The van der Waals surface area contributed by atoms with Gasteiger partial charge in [0, 0.05) is 6.08 Å². The molecule has 0 aliphatic heterocycles. The summed E-state index contributed by atoms with van der Waals surface area (Å²) in [6, 6.07) is 11.4. The van der Waals surface area contributed by atoms with Gasteiger partial charge >= 0.3 is 0 Å². The first-order valence-electron chi connectivity index (χ1n) is 6.48.